The summed E-state index contributed by atoms with van der Waals surface area (Å²) in [6, 6.07) is 14.5. The maximum atomic E-state index is 14.0. The van der Waals surface area contributed by atoms with Crippen LogP contribution in [0.2, 0.25) is 0 Å². The quantitative estimate of drug-likeness (QED) is 0.0753. The number of ether oxygens (including phenoxy) is 8. The highest BCUT2D eigenvalue weighted by atomic mass is 16.7. The highest BCUT2D eigenvalue weighted by molar-refractivity contribution is 5.89. The van der Waals surface area contributed by atoms with Crippen LogP contribution in [0.15, 0.2) is 60.8 Å². The minimum Gasteiger partial charge on any atom is -0.450 e. The van der Waals surface area contributed by atoms with E-state index < -0.39 is 141 Å². The number of aliphatic hydroxyl groups excluding tert-OH is 8. The van der Waals surface area contributed by atoms with E-state index >= 15 is 0 Å². The second-order valence-corrected chi connectivity index (χ2v) is 20.0. The number of hydrogen-bond acceptors (Lipinski definition) is 20. The van der Waals surface area contributed by atoms with E-state index in [1.807, 2.05) is 45.0 Å². The van der Waals surface area contributed by atoms with Gasteiger partial charge in [-0.2, -0.15) is 0 Å². The van der Waals surface area contributed by atoms with E-state index in [4.69, 9.17) is 37.9 Å². The molecule has 0 bridgehead atoms. The predicted molar refractivity (Wildman–Crippen MR) is 254 cm³/mol. The number of rotatable bonds is 19. The monoisotopic (exact) mass is 1030 g/mol. The Kier molecular flexibility index (Phi) is 18.7. The van der Waals surface area contributed by atoms with E-state index in [1.54, 1.807) is 29.3 Å². The summed E-state index contributed by atoms with van der Waals surface area (Å²) in [5, 5.41) is 97.1. The molecule has 9 unspecified atom stereocenters. The van der Waals surface area contributed by atoms with Gasteiger partial charge >= 0.3 is 5.97 Å². The summed E-state index contributed by atoms with van der Waals surface area (Å²) in [5.74, 6) is -1.96. The Bertz CT molecular complexity index is 2240. The summed E-state index contributed by atoms with van der Waals surface area (Å²) in [4.78, 5) is 29.4. The van der Waals surface area contributed by atoms with Crippen molar-refractivity contribution in [2.45, 2.75) is 177 Å². The van der Waals surface area contributed by atoms with Crippen molar-refractivity contribution in [1.29, 1.82) is 0 Å². The SMILES string of the molecule is CCC[C@H](OC1C(OC(=O)c2ccccc2)[C@H](O[C@@H]2CC(CO[C@H]3OC(CO)[C@@H](O)C(n4cc(-c5cccc(C)c5)nn4)C3O)CC(CC)[C@H]2O[C@@H]2OC(C)[C@@H](O)[C@H](O)C2O)O[C@@H](CO)[C@@H]1O)C(=O)N1CCC1. The molecule has 404 valence electrons. The second kappa shape index (κ2) is 24.7. The topological polar surface area (TPSA) is 304 Å². The summed E-state index contributed by atoms with van der Waals surface area (Å²) in [7, 11) is 0. The third kappa shape index (κ3) is 12.3. The van der Waals surface area contributed by atoms with Gasteiger partial charge in [-0.05, 0) is 69.6 Å². The lowest BCUT2D eigenvalue weighted by atomic mass is 9.76. The number of amides is 1. The zero-order chi connectivity index (χ0) is 52.1. The van der Waals surface area contributed by atoms with E-state index in [2.05, 4.69) is 10.3 Å². The summed E-state index contributed by atoms with van der Waals surface area (Å²) < 4.78 is 52.0. The first kappa shape index (κ1) is 55.2. The van der Waals surface area contributed by atoms with Gasteiger partial charge in [0.05, 0.1) is 49.9 Å². The fraction of sp³-hybridized carbons (Fsp3) is 0.686. The van der Waals surface area contributed by atoms with Crippen LogP contribution in [0, 0.1) is 18.8 Å². The third-order valence-electron chi connectivity index (χ3n) is 14.8. The number of esters is 1. The van der Waals surface area contributed by atoms with E-state index in [-0.39, 0.29) is 30.9 Å². The fourth-order valence-corrected chi connectivity index (χ4v) is 10.5. The summed E-state index contributed by atoms with van der Waals surface area (Å²) >= 11 is 0. The van der Waals surface area contributed by atoms with Crippen LogP contribution in [0.3, 0.4) is 0 Å². The standard InChI is InChI=1S/C51H72N4O18/c1-5-12-33(47(64)54-17-11-18-54)68-45-40(60)36(24-57)71-51(46(45)72-48(65)30-14-8-7-9-15-30)69-34-21-28(20-29(6-2)44(34)73-50-43(63)42(62)38(58)27(4)67-50)25-66-49-41(61)37(39(59)35(23-56)70-49)55-22-32(52-53-55)31-16-10-13-26(3)19-31/h7-10,13-16,19,22,27-29,33-46,49-51,56-63H,5-6,11-12,17-18,20-21,23-25H2,1-4H3/t27?,28?,29?,33-,34+,35?,36-,37?,38+,39+,40-,41?,42-,43?,44+,45?,46?,49-,50-,51+/m0/s1. The Labute approximate surface area is 423 Å². The molecule has 20 atom stereocenters. The van der Waals surface area contributed by atoms with E-state index in [0.717, 1.165) is 17.5 Å². The second-order valence-electron chi connectivity index (χ2n) is 20.0. The van der Waals surface area contributed by atoms with Crippen molar-refractivity contribution in [1.82, 2.24) is 19.9 Å². The maximum absolute atomic E-state index is 14.0. The van der Waals surface area contributed by atoms with Crippen molar-refractivity contribution in [3.8, 4) is 11.3 Å². The number of hydrogen-bond donors (Lipinski definition) is 8. The van der Waals surface area contributed by atoms with Crippen LogP contribution < -0.4 is 0 Å². The van der Waals surface area contributed by atoms with Gasteiger partial charge in [0, 0.05) is 18.7 Å². The number of aromatic nitrogens is 3. The van der Waals surface area contributed by atoms with Gasteiger partial charge in [-0.15, -0.1) is 5.10 Å². The molecule has 2 aromatic carbocycles. The largest absolute Gasteiger partial charge is 0.450 e. The van der Waals surface area contributed by atoms with Crippen LogP contribution in [0.5, 0.6) is 0 Å². The van der Waals surface area contributed by atoms with Gasteiger partial charge in [-0.3, -0.25) is 4.79 Å². The molecule has 8 N–H and O–H groups in total. The lowest BCUT2D eigenvalue weighted by Crippen LogP contribution is -2.64. The molecule has 5 heterocycles. The third-order valence-corrected chi connectivity index (χ3v) is 14.8. The maximum Gasteiger partial charge on any atom is 0.338 e. The summed E-state index contributed by atoms with van der Waals surface area (Å²) in [6.07, 6.45) is -19.2. The van der Waals surface area contributed by atoms with Gasteiger partial charge in [-0.1, -0.05) is 73.9 Å². The Hall–Kier alpha value is -4.08. The van der Waals surface area contributed by atoms with Gasteiger partial charge in [0.25, 0.3) is 5.91 Å². The van der Waals surface area contributed by atoms with Gasteiger partial charge in [0.1, 0.15) is 72.8 Å². The zero-order valence-electron chi connectivity index (χ0n) is 41.5. The van der Waals surface area contributed by atoms with Crippen LogP contribution in [0.1, 0.15) is 81.3 Å². The number of carbonyl (C=O) groups excluding carboxylic acids is 2. The molecule has 5 aliphatic rings. The first-order valence-electron chi connectivity index (χ1n) is 25.5. The minimum absolute atomic E-state index is 0.0822. The van der Waals surface area contributed by atoms with Crippen LogP contribution >= 0.6 is 0 Å². The summed E-state index contributed by atoms with van der Waals surface area (Å²) in [6.45, 7) is 6.88. The number of carbonyl (C=O) groups is 2. The van der Waals surface area contributed by atoms with Crippen LogP contribution in [-0.4, -0.2) is 210 Å². The van der Waals surface area contributed by atoms with Crippen LogP contribution in [-0.2, 0) is 42.7 Å². The molecule has 5 fully saturated rings. The Morgan fingerprint density at radius 2 is 1.51 bits per heavy atom. The highest BCUT2D eigenvalue weighted by Crippen LogP contribution is 2.41. The van der Waals surface area contributed by atoms with Crippen molar-refractivity contribution in [2.75, 3.05) is 32.9 Å². The predicted octanol–water partition coefficient (Wildman–Crippen LogP) is 0.374. The Morgan fingerprint density at radius 3 is 2.18 bits per heavy atom. The normalized spacial score (nSPS) is 37.3. The molecule has 4 saturated heterocycles. The van der Waals surface area contributed by atoms with Crippen molar-refractivity contribution in [2.24, 2.45) is 11.8 Å². The number of nitrogens with zero attached hydrogens (tertiary/aromatic N) is 4. The molecular weight excluding hydrogens is 957 g/mol. The Morgan fingerprint density at radius 1 is 0.781 bits per heavy atom. The lowest BCUT2D eigenvalue weighted by Gasteiger charge is -2.49. The van der Waals surface area contributed by atoms with Gasteiger partial charge in [0.2, 0.25) is 0 Å². The zero-order valence-corrected chi connectivity index (χ0v) is 41.5. The summed E-state index contributed by atoms with van der Waals surface area (Å²) in [5.41, 5.74) is 2.41. The molecule has 1 aliphatic carbocycles. The molecule has 1 aromatic heterocycles. The van der Waals surface area contributed by atoms with E-state index in [0.29, 0.717) is 38.0 Å². The Balaban J connectivity index is 1.09. The number of likely N-dealkylation sites (tertiary alicyclic amines) is 1. The first-order valence-corrected chi connectivity index (χ1v) is 25.5. The molecule has 1 saturated carbocycles. The smallest absolute Gasteiger partial charge is 0.338 e. The molecule has 0 spiro atoms. The fourth-order valence-electron chi connectivity index (χ4n) is 10.5. The van der Waals surface area contributed by atoms with E-state index in [9.17, 15) is 50.4 Å². The van der Waals surface area contributed by atoms with Crippen LogP contribution in [0.4, 0.5) is 0 Å². The van der Waals surface area contributed by atoms with E-state index in [1.165, 1.54) is 23.7 Å². The molecule has 8 rings (SSSR count). The van der Waals surface area contributed by atoms with Crippen molar-refractivity contribution in [3.05, 3.63) is 71.9 Å². The van der Waals surface area contributed by atoms with Gasteiger partial charge in [0.15, 0.2) is 25.0 Å². The number of aryl methyl sites for hydroxylation is 1. The molecule has 3 aromatic rings. The van der Waals surface area contributed by atoms with Crippen molar-refractivity contribution in [3.63, 3.8) is 0 Å². The van der Waals surface area contributed by atoms with Gasteiger partial charge in [-0.25, -0.2) is 9.48 Å². The molecule has 73 heavy (non-hydrogen) atoms. The molecular formula is C51H72N4O18. The molecule has 4 aliphatic heterocycles. The van der Waals surface area contributed by atoms with Crippen molar-refractivity contribution >= 4 is 11.9 Å². The first-order chi connectivity index (χ1) is 35.1. The molecule has 0 radical (unpaired) electrons. The highest BCUT2D eigenvalue weighted by Gasteiger charge is 2.54. The molecule has 22 nitrogen and oxygen atoms in total. The minimum atomic E-state index is -1.69. The van der Waals surface area contributed by atoms with Crippen molar-refractivity contribution < 1.29 is 88.3 Å². The molecule has 1 amide bonds. The van der Waals surface area contributed by atoms with Crippen LogP contribution in [0.25, 0.3) is 11.3 Å². The number of aliphatic hydroxyl groups is 8. The average Bonchev–Trinajstić information content (AvgIpc) is 3.86. The average molecular weight is 1030 g/mol. The van der Waals surface area contributed by atoms with Gasteiger partial charge < -0.3 is 83.6 Å². The molecule has 22 heteroatoms. The number of benzene rings is 2. The lowest BCUT2D eigenvalue weighted by molar-refractivity contribution is -0.351.